The van der Waals surface area contributed by atoms with Gasteiger partial charge in [-0.2, -0.15) is 0 Å². The molecular formula is C28H35FN4O. The van der Waals surface area contributed by atoms with Gasteiger partial charge in [-0.05, 0) is 87.8 Å². The summed E-state index contributed by atoms with van der Waals surface area (Å²) < 4.78 is 13.8. The van der Waals surface area contributed by atoms with Crippen LogP contribution in [0.5, 0.6) is 0 Å². The summed E-state index contributed by atoms with van der Waals surface area (Å²) in [6.45, 7) is 7.01. The molecule has 180 valence electrons. The minimum atomic E-state index is -0.221. The van der Waals surface area contributed by atoms with Crippen molar-refractivity contribution in [1.82, 2.24) is 14.9 Å². The number of rotatable bonds is 4. The highest BCUT2D eigenvalue weighted by Crippen LogP contribution is 2.60. The lowest BCUT2D eigenvalue weighted by atomic mass is 9.49. The smallest absolute Gasteiger partial charge is 0.228 e. The molecule has 4 saturated carbocycles. The van der Waals surface area contributed by atoms with Crippen LogP contribution in [-0.2, 0) is 11.2 Å². The molecule has 0 radical (unpaired) electrons. The second-order valence-electron chi connectivity index (χ2n) is 11.4. The number of halogens is 1. The minimum absolute atomic E-state index is 0.0679. The third kappa shape index (κ3) is 3.89. The Morgan fingerprint density at radius 2 is 1.65 bits per heavy atom. The predicted molar refractivity (Wildman–Crippen MR) is 130 cm³/mol. The molecule has 5 aliphatic rings. The number of nitrogens with zero attached hydrogens (tertiary/aromatic N) is 4. The highest BCUT2D eigenvalue weighted by atomic mass is 19.1. The van der Waals surface area contributed by atoms with E-state index in [4.69, 9.17) is 4.98 Å². The molecule has 0 N–H and O–H groups in total. The van der Waals surface area contributed by atoms with Crippen molar-refractivity contribution in [2.45, 2.75) is 58.8 Å². The van der Waals surface area contributed by atoms with Crippen molar-refractivity contribution in [1.29, 1.82) is 0 Å². The lowest BCUT2D eigenvalue weighted by molar-refractivity contribution is -0.158. The molecule has 1 saturated heterocycles. The molecule has 2 aromatic rings. The molecule has 1 aromatic carbocycles. The summed E-state index contributed by atoms with van der Waals surface area (Å²) in [4.78, 5) is 27.7. The first-order valence-electron chi connectivity index (χ1n) is 13.0. The maximum atomic E-state index is 13.8. The Kier molecular flexibility index (Phi) is 5.38. The van der Waals surface area contributed by atoms with E-state index in [1.807, 2.05) is 19.9 Å². The summed E-state index contributed by atoms with van der Waals surface area (Å²) in [6, 6.07) is 6.77. The summed E-state index contributed by atoms with van der Waals surface area (Å²) >= 11 is 0. The van der Waals surface area contributed by atoms with Gasteiger partial charge in [-0.15, -0.1) is 0 Å². The van der Waals surface area contributed by atoms with E-state index in [0.717, 1.165) is 91.7 Å². The van der Waals surface area contributed by atoms with Gasteiger partial charge in [0, 0.05) is 43.9 Å². The molecule has 4 aliphatic carbocycles. The van der Waals surface area contributed by atoms with Crippen LogP contribution in [-0.4, -0.2) is 47.0 Å². The molecular weight excluding hydrogens is 427 g/mol. The Morgan fingerprint density at radius 1 is 1.00 bits per heavy atom. The van der Waals surface area contributed by atoms with Crippen molar-refractivity contribution < 1.29 is 9.18 Å². The molecule has 1 amide bonds. The average Bonchev–Trinajstić information content (AvgIpc) is 2.79. The quantitative estimate of drug-likeness (QED) is 0.662. The predicted octanol–water partition coefficient (Wildman–Crippen LogP) is 4.69. The third-order valence-electron chi connectivity index (χ3n) is 8.93. The number of aromatic nitrogens is 2. The Bertz CT molecular complexity index is 1070. The Hall–Kier alpha value is -2.50. The topological polar surface area (TPSA) is 49.3 Å². The molecule has 5 nitrogen and oxygen atoms in total. The summed E-state index contributed by atoms with van der Waals surface area (Å²) in [5.74, 6) is 4.26. The van der Waals surface area contributed by atoms with Gasteiger partial charge >= 0.3 is 0 Å². The van der Waals surface area contributed by atoms with E-state index in [9.17, 15) is 9.18 Å². The van der Waals surface area contributed by atoms with Gasteiger partial charge in [-0.3, -0.25) is 4.79 Å². The van der Waals surface area contributed by atoms with Gasteiger partial charge in [-0.25, -0.2) is 14.4 Å². The Labute approximate surface area is 201 Å². The van der Waals surface area contributed by atoms with Crippen molar-refractivity contribution in [3.05, 3.63) is 52.7 Å². The monoisotopic (exact) mass is 462 g/mol. The Morgan fingerprint density at radius 3 is 2.26 bits per heavy atom. The lowest BCUT2D eigenvalue weighted by Gasteiger charge is -2.57. The molecule has 1 aromatic heterocycles. The zero-order valence-corrected chi connectivity index (χ0v) is 20.4. The lowest BCUT2D eigenvalue weighted by Crippen LogP contribution is -2.58. The van der Waals surface area contributed by atoms with E-state index in [-0.39, 0.29) is 11.2 Å². The molecule has 1 aliphatic heterocycles. The van der Waals surface area contributed by atoms with Crippen molar-refractivity contribution in [2.24, 2.45) is 23.2 Å². The number of anilines is 1. The van der Waals surface area contributed by atoms with Crippen molar-refractivity contribution in [2.75, 3.05) is 31.1 Å². The van der Waals surface area contributed by atoms with Crippen molar-refractivity contribution >= 4 is 11.7 Å². The van der Waals surface area contributed by atoms with E-state index < -0.39 is 0 Å². The van der Waals surface area contributed by atoms with Crippen LogP contribution < -0.4 is 4.90 Å². The molecule has 2 heterocycles. The van der Waals surface area contributed by atoms with E-state index in [1.54, 1.807) is 12.1 Å². The fraction of sp³-hybridized carbons (Fsp3) is 0.607. The van der Waals surface area contributed by atoms with Gasteiger partial charge in [0.05, 0.1) is 5.41 Å². The molecule has 0 atom stereocenters. The number of carbonyl (C=O) groups excluding carboxylic acids is 1. The number of benzene rings is 1. The molecule has 4 bridgehead atoms. The standard InChI is InChI=1S/C28H35FN4O/c1-18-25(14-20-4-3-5-24(29)13-20)26(31-19(2)30-18)32-6-8-33(9-7-32)27(34)28-15-21-10-22(16-28)12-23(11-21)17-28/h3-5,13,21-23H,6-12,14-17H2,1-2H3. The van der Waals surface area contributed by atoms with E-state index in [1.165, 1.54) is 25.3 Å². The molecule has 7 rings (SSSR count). The molecule has 0 unspecified atom stereocenters. The number of carbonyl (C=O) groups is 1. The maximum absolute atomic E-state index is 13.8. The fourth-order valence-electron chi connectivity index (χ4n) is 7.87. The first-order chi connectivity index (χ1) is 16.4. The van der Waals surface area contributed by atoms with Gasteiger partial charge < -0.3 is 9.80 Å². The second-order valence-corrected chi connectivity index (χ2v) is 11.4. The molecule has 5 fully saturated rings. The fourth-order valence-corrected chi connectivity index (χ4v) is 7.87. The van der Waals surface area contributed by atoms with Crippen LogP contribution in [0.3, 0.4) is 0 Å². The number of aryl methyl sites for hydroxylation is 2. The van der Waals surface area contributed by atoms with Crippen LogP contribution in [0.15, 0.2) is 24.3 Å². The number of amides is 1. The average molecular weight is 463 g/mol. The van der Waals surface area contributed by atoms with Gasteiger partial charge in [0.15, 0.2) is 0 Å². The number of piperazine rings is 1. The summed E-state index contributed by atoms with van der Waals surface area (Å²) in [5.41, 5.74) is 2.85. The van der Waals surface area contributed by atoms with Crippen LogP contribution in [0.1, 0.15) is 61.2 Å². The summed E-state index contributed by atoms with van der Waals surface area (Å²) in [6.07, 6.45) is 8.06. The minimum Gasteiger partial charge on any atom is -0.353 e. The van der Waals surface area contributed by atoms with Crippen LogP contribution in [0.25, 0.3) is 0 Å². The first-order valence-corrected chi connectivity index (χ1v) is 13.0. The van der Waals surface area contributed by atoms with E-state index >= 15 is 0 Å². The Balaban J connectivity index is 1.19. The van der Waals surface area contributed by atoms with Gasteiger partial charge in [0.25, 0.3) is 0 Å². The van der Waals surface area contributed by atoms with Gasteiger partial charge in [0.1, 0.15) is 17.5 Å². The van der Waals surface area contributed by atoms with Crippen LogP contribution >= 0.6 is 0 Å². The van der Waals surface area contributed by atoms with Gasteiger partial charge in [-0.1, -0.05) is 12.1 Å². The van der Waals surface area contributed by atoms with Gasteiger partial charge in [0.2, 0.25) is 5.91 Å². The van der Waals surface area contributed by atoms with Crippen LogP contribution in [0, 0.1) is 42.8 Å². The number of hydrogen-bond acceptors (Lipinski definition) is 4. The van der Waals surface area contributed by atoms with Crippen LogP contribution in [0.4, 0.5) is 10.2 Å². The van der Waals surface area contributed by atoms with Crippen molar-refractivity contribution in [3.8, 4) is 0 Å². The zero-order valence-electron chi connectivity index (χ0n) is 20.4. The third-order valence-corrected chi connectivity index (χ3v) is 8.93. The van der Waals surface area contributed by atoms with Crippen molar-refractivity contribution in [3.63, 3.8) is 0 Å². The van der Waals surface area contributed by atoms with E-state index in [2.05, 4.69) is 14.8 Å². The normalized spacial score (nSPS) is 30.1. The molecule has 0 spiro atoms. The summed E-state index contributed by atoms with van der Waals surface area (Å²) in [5, 5.41) is 0. The largest absolute Gasteiger partial charge is 0.353 e. The zero-order chi connectivity index (χ0) is 23.4. The maximum Gasteiger partial charge on any atom is 0.228 e. The molecule has 34 heavy (non-hydrogen) atoms. The second kappa shape index (κ2) is 8.31. The summed E-state index contributed by atoms with van der Waals surface area (Å²) in [7, 11) is 0. The SMILES string of the molecule is Cc1nc(C)c(Cc2cccc(F)c2)c(N2CCN(C(=O)C34CC5CC(CC(C5)C3)C4)CC2)n1. The first kappa shape index (κ1) is 22.0. The molecule has 6 heteroatoms. The van der Waals surface area contributed by atoms with Crippen LogP contribution in [0.2, 0.25) is 0 Å². The van der Waals surface area contributed by atoms with E-state index in [0.29, 0.717) is 12.3 Å². The highest BCUT2D eigenvalue weighted by molar-refractivity contribution is 5.83. The number of hydrogen-bond donors (Lipinski definition) is 0. The highest BCUT2D eigenvalue weighted by Gasteiger charge is 2.55.